The summed E-state index contributed by atoms with van der Waals surface area (Å²) in [5, 5.41) is 6.11. The zero-order chi connectivity index (χ0) is 27.7. The van der Waals surface area contributed by atoms with Crippen molar-refractivity contribution in [3.05, 3.63) is 108 Å². The summed E-state index contributed by atoms with van der Waals surface area (Å²) in [4.78, 5) is 38.9. The lowest BCUT2D eigenvalue weighted by molar-refractivity contribution is -0.132. The second-order valence-electron chi connectivity index (χ2n) is 9.78. The number of anilines is 2. The van der Waals surface area contributed by atoms with Gasteiger partial charge in [0.2, 0.25) is 11.8 Å². The standard InChI is InChI=1S/C32H34N6O2/c1-24(39)33-17-18-34-28-23-29(36-31(35-28)27-15-9-4-10-16-27)37-19-21-38(22-20-37)32(40)30(25-11-5-2-6-12-25)26-13-7-3-8-14-26/h2-16,23,30H,17-22H2,1H3,(H,33,39)(H,34,35,36). The minimum atomic E-state index is -0.336. The number of hydrogen-bond donors (Lipinski definition) is 2. The van der Waals surface area contributed by atoms with Gasteiger partial charge in [-0.2, -0.15) is 0 Å². The van der Waals surface area contributed by atoms with E-state index in [-0.39, 0.29) is 17.7 Å². The van der Waals surface area contributed by atoms with E-state index in [2.05, 4.69) is 15.5 Å². The monoisotopic (exact) mass is 534 g/mol. The molecule has 5 rings (SSSR count). The van der Waals surface area contributed by atoms with Crippen molar-refractivity contribution in [3.8, 4) is 11.4 Å². The van der Waals surface area contributed by atoms with Gasteiger partial charge in [0.15, 0.2) is 5.82 Å². The van der Waals surface area contributed by atoms with Gasteiger partial charge in [0.1, 0.15) is 11.6 Å². The average Bonchev–Trinajstić information content (AvgIpc) is 3.01. The third-order valence-corrected chi connectivity index (χ3v) is 6.98. The molecule has 0 aliphatic carbocycles. The quantitative estimate of drug-likeness (QED) is 0.313. The molecule has 0 bridgehead atoms. The van der Waals surface area contributed by atoms with Gasteiger partial charge in [-0.05, 0) is 11.1 Å². The fourth-order valence-electron chi connectivity index (χ4n) is 4.94. The van der Waals surface area contributed by atoms with Crippen molar-refractivity contribution in [1.82, 2.24) is 20.2 Å². The Hall–Kier alpha value is -4.72. The zero-order valence-electron chi connectivity index (χ0n) is 22.7. The summed E-state index contributed by atoms with van der Waals surface area (Å²) in [6.45, 7) is 5.09. The van der Waals surface area contributed by atoms with Crippen LogP contribution in [0.2, 0.25) is 0 Å². The lowest BCUT2D eigenvalue weighted by Crippen LogP contribution is -2.50. The van der Waals surface area contributed by atoms with Gasteiger partial charge in [0.05, 0.1) is 5.92 Å². The van der Waals surface area contributed by atoms with Crippen LogP contribution in [0.1, 0.15) is 24.0 Å². The predicted molar refractivity (Wildman–Crippen MR) is 158 cm³/mol. The Morgan fingerprint density at radius 2 is 1.35 bits per heavy atom. The van der Waals surface area contributed by atoms with Crippen LogP contribution in [0.25, 0.3) is 11.4 Å². The van der Waals surface area contributed by atoms with Gasteiger partial charge in [-0.3, -0.25) is 9.59 Å². The molecule has 2 heterocycles. The molecule has 0 radical (unpaired) electrons. The normalized spacial score (nSPS) is 13.2. The van der Waals surface area contributed by atoms with E-state index in [4.69, 9.17) is 9.97 Å². The number of carbonyl (C=O) groups is 2. The SMILES string of the molecule is CC(=O)NCCNc1cc(N2CCN(C(=O)C(c3ccccc3)c3ccccc3)CC2)nc(-c2ccccc2)n1. The summed E-state index contributed by atoms with van der Waals surface area (Å²) in [5.41, 5.74) is 2.93. The van der Waals surface area contributed by atoms with Crippen LogP contribution in [0, 0.1) is 0 Å². The highest BCUT2D eigenvalue weighted by Gasteiger charge is 2.30. The summed E-state index contributed by atoms with van der Waals surface area (Å²) in [7, 11) is 0. The molecule has 1 aliphatic rings. The highest BCUT2D eigenvalue weighted by Crippen LogP contribution is 2.28. The molecule has 2 N–H and O–H groups in total. The Morgan fingerprint density at radius 3 is 1.93 bits per heavy atom. The minimum absolute atomic E-state index is 0.0654. The Bertz CT molecular complexity index is 1370. The van der Waals surface area contributed by atoms with Crippen LogP contribution in [0.5, 0.6) is 0 Å². The maximum atomic E-state index is 13.9. The smallest absolute Gasteiger partial charge is 0.234 e. The number of carbonyl (C=O) groups excluding carboxylic acids is 2. The summed E-state index contributed by atoms with van der Waals surface area (Å²) >= 11 is 0. The van der Waals surface area contributed by atoms with E-state index >= 15 is 0 Å². The third kappa shape index (κ3) is 6.64. The lowest BCUT2D eigenvalue weighted by Gasteiger charge is -2.37. The predicted octanol–water partition coefficient (Wildman–Crippen LogP) is 4.17. The van der Waals surface area contributed by atoms with Crippen molar-refractivity contribution >= 4 is 23.5 Å². The van der Waals surface area contributed by atoms with Crippen molar-refractivity contribution in [2.75, 3.05) is 49.5 Å². The maximum absolute atomic E-state index is 13.9. The van der Waals surface area contributed by atoms with Crippen molar-refractivity contribution in [2.45, 2.75) is 12.8 Å². The van der Waals surface area contributed by atoms with Gasteiger partial charge >= 0.3 is 0 Å². The van der Waals surface area contributed by atoms with E-state index < -0.39 is 0 Å². The molecule has 0 unspecified atom stereocenters. The van der Waals surface area contributed by atoms with Crippen LogP contribution in [0.3, 0.4) is 0 Å². The second-order valence-corrected chi connectivity index (χ2v) is 9.78. The van der Waals surface area contributed by atoms with Crippen LogP contribution in [0.15, 0.2) is 97.1 Å². The van der Waals surface area contributed by atoms with E-state index in [1.807, 2.05) is 102 Å². The van der Waals surface area contributed by atoms with Crippen molar-refractivity contribution in [2.24, 2.45) is 0 Å². The van der Waals surface area contributed by atoms with Gasteiger partial charge in [0.25, 0.3) is 0 Å². The summed E-state index contributed by atoms with van der Waals surface area (Å²) in [5.74, 6) is 1.85. The first-order chi connectivity index (χ1) is 19.6. The molecule has 1 aromatic heterocycles. The first-order valence-corrected chi connectivity index (χ1v) is 13.6. The summed E-state index contributed by atoms with van der Waals surface area (Å²) < 4.78 is 0. The lowest BCUT2D eigenvalue weighted by atomic mass is 9.90. The fraction of sp³-hybridized carbons (Fsp3) is 0.250. The Balaban J connectivity index is 1.33. The van der Waals surface area contributed by atoms with Crippen LogP contribution >= 0.6 is 0 Å². The second kappa shape index (κ2) is 12.9. The maximum Gasteiger partial charge on any atom is 0.234 e. The number of piperazine rings is 1. The minimum Gasteiger partial charge on any atom is -0.368 e. The first-order valence-electron chi connectivity index (χ1n) is 13.6. The topological polar surface area (TPSA) is 90.5 Å². The molecule has 0 spiro atoms. The molecule has 1 saturated heterocycles. The molecule has 0 atom stereocenters. The van der Waals surface area contributed by atoms with Crippen LogP contribution < -0.4 is 15.5 Å². The Labute approximate surface area is 235 Å². The molecule has 3 aromatic carbocycles. The van der Waals surface area contributed by atoms with Crippen molar-refractivity contribution in [3.63, 3.8) is 0 Å². The Kier molecular flexibility index (Phi) is 8.66. The zero-order valence-corrected chi connectivity index (χ0v) is 22.7. The van der Waals surface area contributed by atoms with E-state index in [1.54, 1.807) is 0 Å². The van der Waals surface area contributed by atoms with Crippen molar-refractivity contribution < 1.29 is 9.59 Å². The molecule has 204 valence electrons. The van der Waals surface area contributed by atoms with E-state index in [1.165, 1.54) is 6.92 Å². The molecule has 1 fully saturated rings. The van der Waals surface area contributed by atoms with E-state index in [0.717, 1.165) is 22.5 Å². The number of nitrogens with one attached hydrogen (secondary N) is 2. The van der Waals surface area contributed by atoms with Gasteiger partial charge in [-0.25, -0.2) is 9.97 Å². The van der Waals surface area contributed by atoms with Gasteiger partial charge in [-0.15, -0.1) is 0 Å². The number of rotatable bonds is 9. The molecule has 0 saturated carbocycles. The largest absolute Gasteiger partial charge is 0.368 e. The fourth-order valence-corrected chi connectivity index (χ4v) is 4.94. The highest BCUT2D eigenvalue weighted by atomic mass is 16.2. The summed E-state index contributed by atoms with van der Waals surface area (Å²) in [6.07, 6.45) is 0. The van der Waals surface area contributed by atoms with Gasteiger partial charge in [0, 0.05) is 57.8 Å². The molecule has 1 aliphatic heterocycles. The van der Waals surface area contributed by atoms with Gasteiger partial charge in [-0.1, -0.05) is 91.0 Å². The first kappa shape index (κ1) is 26.9. The number of nitrogens with zero attached hydrogens (tertiary/aromatic N) is 4. The number of benzene rings is 3. The average molecular weight is 535 g/mol. The molecule has 40 heavy (non-hydrogen) atoms. The molecule has 8 heteroatoms. The summed E-state index contributed by atoms with van der Waals surface area (Å²) in [6, 6.07) is 31.8. The molecule has 8 nitrogen and oxygen atoms in total. The molecule has 2 amide bonds. The molecular formula is C32H34N6O2. The Morgan fingerprint density at radius 1 is 0.775 bits per heavy atom. The number of amides is 2. The van der Waals surface area contributed by atoms with Crippen LogP contribution in [-0.4, -0.2) is 66.0 Å². The highest BCUT2D eigenvalue weighted by molar-refractivity contribution is 5.87. The van der Waals surface area contributed by atoms with Crippen LogP contribution in [-0.2, 0) is 9.59 Å². The number of aromatic nitrogens is 2. The molecular weight excluding hydrogens is 500 g/mol. The van der Waals surface area contributed by atoms with Crippen molar-refractivity contribution in [1.29, 1.82) is 0 Å². The molecule has 4 aromatic rings. The van der Waals surface area contributed by atoms with Crippen LogP contribution in [0.4, 0.5) is 11.6 Å². The third-order valence-electron chi connectivity index (χ3n) is 6.98. The number of hydrogen-bond acceptors (Lipinski definition) is 6. The van der Waals surface area contributed by atoms with E-state index in [9.17, 15) is 9.59 Å². The van der Waals surface area contributed by atoms with E-state index in [0.29, 0.717) is 50.9 Å². The van der Waals surface area contributed by atoms with Gasteiger partial charge < -0.3 is 20.4 Å².